The molecule has 0 spiro atoms. The van der Waals surface area contributed by atoms with Crippen molar-refractivity contribution in [3.8, 4) is 10.4 Å². The van der Waals surface area contributed by atoms with E-state index in [0.717, 1.165) is 19.4 Å². The summed E-state index contributed by atoms with van der Waals surface area (Å²) in [6, 6.07) is 18.4. The van der Waals surface area contributed by atoms with Gasteiger partial charge in [-0.2, -0.15) is 0 Å². The maximum Gasteiger partial charge on any atom is 0.0737 e. The highest BCUT2D eigenvalue weighted by molar-refractivity contribution is 9.11. The number of para-hydroxylation sites is 1. The molecule has 152 valence electrons. The third-order valence-electron chi connectivity index (χ3n) is 5.97. The number of nitrogens with zero attached hydrogens (tertiary/aromatic N) is 1. The summed E-state index contributed by atoms with van der Waals surface area (Å²) in [6.45, 7) is 5.52. The molecule has 1 aliphatic rings. The Labute approximate surface area is 187 Å². The lowest BCUT2D eigenvalue weighted by molar-refractivity contribution is 0.667. The molecule has 0 bridgehead atoms. The fourth-order valence-corrected chi connectivity index (χ4v) is 6.16. The SMILES string of the molecule is CCCCCCc1cc(-c2ccc3c(c2)CCc2ccccc2N3CC)sc1Br. The smallest absolute Gasteiger partial charge is 0.0737 e. The predicted molar refractivity (Wildman–Crippen MR) is 132 cm³/mol. The number of aryl methyl sites for hydroxylation is 3. The zero-order valence-electron chi connectivity index (χ0n) is 17.5. The quantitative estimate of drug-likeness (QED) is 0.314. The van der Waals surface area contributed by atoms with Crippen LogP contribution >= 0.6 is 27.3 Å². The lowest BCUT2D eigenvalue weighted by atomic mass is 10.0. The lowest BCUT2D eigenvalue weighted by Gasteiger charge is -2.25. The van der Waals surface area contributed by atoms with E-state index in [1.807, 2.05) is 11.3 Å². The minimum absolute atomic E-state index is 0.996. The highest BCUT2D eigenvalue weighted by atomic mass is 79.9. The van der Waals surface area contributed by atoms with Crippen LogP contribution in [-0.2, 0) is 19.3 Å². The molecular weight excluding hydrogens is 438 g/mol. The Balaban J connectivity index is 1.61. The molecule has 0 radical (unpaired) electrons. The summed E-state index contributed by atoms with van der Waals surface area (Å²) in [5.41, 5.74) is 8.50. The zero-order chi connectivity index (χ0) is 20.2. The van der Waals surface area contributed by atoms with Gasteiger partial charge < -0.3 is 4.90 Å². The van der Waals surface area contributed by atoms with Crippen molar-refractivity contribution >= 4 is 38.6 Å². The number of halogens is 1. The minimum Gasteiger partial charge on any atom is -0.341 e. The first-order valence-corrected chi connectivity index (χ1v) is 12.6. The molecule has 0 aliphatic carbocycles. The summed E-state index contributed by atoms with van der Waals surface area (Å²) >= 11 is 5.71. The molecule has 0 N–H and O–H groups in total. The van der Waals surface area contributed by atoms with E-state index in [4.69, 9.17) is 0 Å². The Morgan fingerprint density at radius 2 is 1.69 bits per heavy atom. The monoisotopic (exact) mass is 467 g/mol. The first kappa shape index (κ1) is 20.7. The molecular formula is C26H30BrNS. The minimum atomic E-state index is 0.996. The van der Waals surface area contributed by atoms with Gasteiger partial charge in [-0.1, -0.05) is 50.5 Å². The van der Waals surface area contributed by atoms with Gasteiger partial charge in [0.2, 0.25) is 0 Å². The molecule has 3 heteroatoms. The van der Waals surface area contributed by atoms with Crippen molar-refractivity contribution in [1.82, 2.24) is 0 Å². The number of rotatable bonds is 7. The summed E-state index contributed by atoms with van der Waals surface area (Å²) in [4.78, 5) is 3.86. The first-order chi connectivity index (χ1) is 14.2. The van der Waals surface area contributed by atoms with Crippen LogP contribution in [-0.4, -0.2) is 6.54 Å². The topological polar surface area (TPSA) is 3.24 Å². The van der Waals surface area contributed by atoms with Gasteiger partial charge in [0, 0.05) is 22.8 Å². The Bertz CT molecular complexity index is 975. The van der Waals surface area contributed by atoms with Crippen LogP contribution in [0, 0.1) is 0 Å². The van der Waals surface area contributed by atoms with Gasteiger partial charge in [0.15, 0.2) is 0 Å². The number of unbranched alkanes of at least 4 members (excludes halogenated alkanes) is 3. The highest BCUT2D eigenvalue weighted by Gasteiger charge is 2.20. The molecule has 2 aromatic carbocycles. The fraction of sp³-hybridized carbons (Fsp3) is 0.385. The van der Waals surface area contributed by atoms with Crippen molar-refractivity contribution in [3.05, 3.63) is 69.0 Å². The van der Waals surface area contributed by atoms with Crippen molar-refractivity contribution in [2.45, 2.75) is 58.8 Å². The molecule has 1 aliphatic heterocycles. The predicted octanol–water partition coefficient (Wildman–Crippen LogP) is 8.56. The Morgan fingerprint density at radius 1 is 0.897 bits per heavy atom. The molecule has 1 aromatic heterocycles. The van der Waals surface area contributed by atoms with Crippen molar-refractivity contribution in [1.29, 1.82) is 0 Å². The molecule has 3 aromatic rings. The molecule has 0 amide bonds. The third-order valence-corrected chi connectivity index (χ3v) is 7.98. The van der Waals surface area contributed by atoms with E-state index < -0.39 is 0 Å². The molecule has 2 heterocycles. The van der Waals surface area contributed by atoms with Crippen LogP contribution in [0.4, 0.5) is 11.4 Å². The Kier molecular flexibility index (Phi) is 6.77. The van der Waals surface area contributed by atoms with Gasteiger partial charge in [0.05, 0.1) is 3.79 Å². The second-order valence-electron chi connectivity index (χ2n) is 7.94. The fourth-order valence-electron chi connectivity index (χ4n) is 4.39. The van der Waals surface area contributed by atoms with Gasteiger partial charge in [-0.25, -0.2) is 0 Å². The van der Waals surface area contributed by atoms with Crippen LogP contribution in [0.25, 0.3) is 10.4 Å². The standard InChI is InChI=1S/C26H30BrNS/c1-3-5-6-7-11-22-18-25(29-26(22)27)21-15-16-24-20(17-21)14-13-19-10-8-9-12-23(19)28(24)4-2/h8-10,12,15-18H,3-7,11,13-14H2,1-2H3. The van der Waals surface area contributed by atoms with E-state index in [2.05, 4.69) is 83.2 Å². The summed E-state index contributed by atoms with van der Waals surface area (Å²) in [5.74, 6) is 0. The Morgan fingerprint density at radius 3 is 2.52 bits per heavy atom. The zero-order valence-corrected chi connectivity index (χ0v) is 19.9. The number of hydrogen-bond donors (Lipinski definition) is 0. The molecule has 0 atom stereocenters. The van der Waals surface area contributed by atoms with E-state index in [-0.39, 0.29) is 0 Å². The lowest BCUT2D eigenvalue weighted by Crippen LogP contribution is -2.17. The van der Waals surface area contributed by atoms with Crippen molar-refractivity contribution in [2.24, 2.45) is 0 Å². The molecule has 4 rings (SSSR count). The Hall–Kier alpha value is -1.58. The number of benzene rings is 2. The van der Waals surface area contributed by atoms with Gasteiger partial charge in [0.25, 0.3) is 0 Å². The van der Waals surface area contributed by atoms with Gasteiger partial charge >= 0.3 is 0 Å². The second-order valence-corrected chi connectivity index (χ2v) is 10.3. The van der Waals surface area contributed by atoms with Crippen molar-refractivity contribution in [3.63, 3.8) is 0 Å². The van der Waals surface area contributed by atoms with Crippen LogP contribution < -0.4 is 4.90 Å². The normalized spacial score (nSPS) is 13.1. The summed E-state index contributed by atoms with van der Waals surface area (Å²) in [6.07, 6.45) is 8.66. The molecule has 0 saturated heterocycles. The van der Waals surface area contributed by atoms with E-state index in [0.29, 0.717) is 0 Å². The van der Waals surface area contributed by atoms with Gasteiger partial charge in [0.1, 0.15) is 0 Å². The van der Waals surface area contributed by atoms with E-state index in [1.54, 1.807) is 0 Å². The first-order valence-electron chi connectivity index (χ1n) is 11.0. The average Bonchev–Trinajstić information content (AvgIpc) is 3.03. The van der Waals surface area contributed by atoms with Crippen LogP contribution in [0.3, 0.4) is 0 Å². The van der Waals surface area contributed by atoms with Gasteiger partial charge in [-0.15, -0.1) is 11.3 Å². The van der Waals surface area contributed by atoms with Crippen molar-refractivity contribution in [2.75, 3.05) is 11.4 Å². The largest absolute Gasteiger partial charge is 0.341 e. The van der Waals surface area contributed by atoms with Crippen LogP contribution in [0.1, 0.15) is 56.2 Å². The molecule has 0 saturated carbocycles. The average molecular weight is 469 g/mol. The number of hydrogen-bond acceptors (Lipinski definition) is 2. The van der Waals surface area contributed by atoms with Gasteiger partial charge in [-0.05, 0) is 95.1 Å². The number of fused-ring (bicyclic) bond motifs is 2. The number of anilines is 2. The van der Waals surface area contributed by atoms with E-state index in [1.165, 1.54) is 74.4 Å². The van der Waals surface area contributed by atoms with Crippen LogP contribution in [0.15, 0.2) is 52.3 Å². The maximum absolute atomic E-state index is 3.82. The summed E-state index contributed by atoms with van der Waals surface area (Å²) in [7, 11) is 0. The molecule has 0 unspecified atom stereocenters. The van der Waals surface area contributed by atoms with Crippen molar-refractivity contribution < 1.29 is 0 Å². The third kappa shape index (κ3) is 4.46. The van der Waals surface area contributed by atoms with E-state index in [9.17, 15) is 0 Å². The maximum atomic E-state index is 3.82. The molecule has 1 nitrogen and oxygen atoms in total. The van der Waals surface area contributed by atoms with E-state index >= 15 is 0 Å². The summed E-state index contributed by atoms with van der Waals surface area (Å²) in [5, 5.41) is 0. The van der Waals surface area contributed by atoms with Crippen LogP contribution in [0.2, 0.25) is 0 Å². The summed E-state index contributed by atoms with van der Waals surface area (Å²) < 4.78 is 1.31. The highest BCUT2D eigenvalue weighted by Crippen LogP contribution is 2.40. The second kappa shape index (κ2) is 9.49. The van der Waals surface area contributed by atoms with Gasteiger partial charge in [-0.3, -0.25) is 0 Å². The molecule has 29 heavy (non-hydrogen) atoms. The van der Waals surface area contributed by atoms with Crippen LogP contribution in [0.5, 0.6) is 0 Å². The number of thiophene rings is 1. The molecule has 0 fully saturated rings.